The van der Waals surface area contributed by atoms with Crippen LogP contribution in [-0.4, -0.2) is 36.1 Å². The van der Waals surface area contributed by atoms with Crippen molar-refractivity contribution in [1.29, 1.82) is 0 Å². The molecule has 0 aliphatic carbocycles. The molecule has 0 amide bonds. The first-order valence-corrected chi connectivity index (χ1v) is 7.40. The Morgan fingerprint density at radius 3 is 2.27 bits per heavy atom. The van der Waals surface area contributed by atoms with Gasteiger partial charge < -0.3 is 16.0 Å². The van der Waals surface area contributed by atoms with Crippen LogP contribution in [0, 0.1) is 5.82 Å². The second kappa shape index (κ2) is 5.98. The summed E-state index contributed by atoms with van der Waals surface area (Å²) in [5.41, 5.74) is 7.29. The monoisotopic (exact) mass is 301 g/mol. The molecule has 0 bridgehead atoms. The molecule has 1 atom stereocenters. The number of hydrogen-bond acceptors (Lipinski definition) is 5. The smallest absolute Gasteiger partial charge is 0.225 e. The van der Waals surface area contributed by atoms with E-state index in [1.165, 1.54) is 12.1 Å². The van der Waals surface area contributed by atoms with E-state index in [9.17, 15) is 4.39 Å². The molecule has 1 aliphatic rings. The zero-order valence-electron chi connectivity index (χ0n) is 12.6. The lowest BCUT2D eigenvalue weighted by Gasteiger charge is -2.29. The van der Waals surface area contributed by atoms with Gasteiger partial charge in [0.05, 0.1) is 5.54 Å². The molecule has 1 aromatic carbocycles. The molecule has 3 N–H and O–H groups in total. The summed E-state index contributed by atoms with van der Waals surface area (Å²) in [6.45, 7) is 5.56. The standard InChI is InChI=1S/C16H20FN5/c1-16(18,12-2-4-14(17)5-3-12)13-10-20-15(21-11-13)22-8-6-19-7-9-22/h2-5,10-11,19H,6-9,18H2,1H3/t16-/m0/s1. The van der Waals surface area contributed by atoms with Gasteiger partial charge in [0.1, 0.15) is 5.82 Å². The van der Waals surface area contributed by atoms with E-state index in [1.807, 2.05) is 6.92 Å². The van der Waals surface area contributed by atoms with Crippen LogP contribution in [0.1, 0.15) is 18.1 Å². The van der Waals surface area contributed by atoms with Crippen LogP contribution in [0.15, 0.2) is 36.7 Å². The Labute approximate surface area is 129 Å². The van der Waals surface area contributed by atoms with E-state index in [0.717, 1.165) is 43.3 Å². The Morgan fingerprint density at radius 1 is 1.09 bits per heavy atom. The third-order valence-electron chi connectivity index (χ3n) is 4.08. The molecule has 116 valence electrons. The molecule has 0 unspecified atom stereocenters. The summed E-state index contributed by atoms with van der Waals surface area (Å²) >= 11 is 0. The normalized spacial score (nSPS) is 18.0. The zero-order valence-corrected chi connectivity index (χ0v) is 12.6. The topological polar surface area (TPSA) is 67.1 Å². The number of halogens is 1. The van der Waals surface area contributed by atoms with Gasteiger partial charge in [-0.25, -0.2) is 14.4 Å². The van der Waals surface area contributed by atoms with Crippen LogP contribution >= 0.6 is 0 Å². The molecule has 0 radical (unpaired) electrons. The molecule has 1 fully saturated rings. The van der Waals surface area contributed by atoms with Gasteiger partial charge in [0, 0.05) is 44.1 Å². The summed E-state index contributed by atoms with van der Waals surface area (Å²) in [6, 6.07) is 6.21. The highest BCUT2D eigenvalue weighted by Gasteiger charge is 2.25. The summed E-state index contributed by atoms with van der Waals surface area (Å²) < 4.78 is 13.1. The van der Waals surface area contributed by atoms with Crippen molar-refractivity contribution in [3.8, 4) is 0 Å². The maximum atomic E-state index is 13.1. The number of piperazine rings is 1. The molecule has 2 aromatic rings. The fourth-order valence-corrected chi connectivity index (χ4v) is 2.58. The van der Waals surface area contributed by atoms with Gasteiger partial charge in [-0.05, 0) is 24.6 Å². The first-order chi connectivity index (χ1) is 10.6. The van der Waals surface area contributed by atoms with Crippen molar-refractivity contribution in [2.75, 3.05) is 31.1 Å². The van der Waals surface area contributed by atoms with Crippen molar-refractivity contribution in [3.05, 3.63) is 53.6 Å². The minimum absolute atomic E-state index is 0.273. The van der Waals surface area contributed by atoms with Gasteiger partial charge in [0.2, 0.25) is 5.95 Å². The quantitative estimate of drug-likeness (QED) is 0.893. The second-order valence-electron chi connectivity index (χ2n) is 5.72. The van der Waals surface area contributed by atoms with Crippen LogP contribution in [0.3, 0.4) is 0 Å². The maximum absolute atomic E-state index is 13.1. The van der Waals surface area contributed by atoms with E-state index in [-0.39, 0.29) is 5.82 Å². The summed E-state index contributed by atoms with van der Waals surface area (Å²) in [6.07, 6.45) is 3.52. The number of nitrogens with two attached hydrogens (primary N) is 1. The average Bonchev–Trinajstić information content (AvgIpc) is 2.56. The second-order valence-corrected chi connectivity index (χ2v) is 5.72. The van der Waals surface area contributed by atoms with Gasteiger partial charge in [-0.3, -0.25) is 0 Å². The summed E-state index contributed by atoms with van der Waals surface area (Å²) in [4.78, 5) is 11.0. The van der Waals surface area contributed by atoms with Crippen molar-refractivity contribution in [2.24, 2.45) is 5.73 Å². The largest absolute Gasteiger partial charge is 0.338 e. The summed E-state index contributed by atoms with van der Waals surface area (Å²) in [5, 5.41) is 3.30. The number of nitrogens with zero attached hydrogens (tertiary/aromatic N) is 3. The Kier molecular flexibility index (Phi) is 4.04. The number of aromatic nitrogens is 2. The van der Waals surface area contributed by atoms with E-state index in [2.05, 4.69) is 20.2 Å². The maximum Gasteiger partial charge on any atom is 0.225 e. The van der Waals surface area contributed by atoms with E-state index < -0.39 is 5.54 Å². The molecule has 0 saturated carbocycles. The van der Waals surface area contributed by atoms with Gasteiger partial charge in [-0.2, -0.15) is 0 Å². The molecule has 1 aromatic heterocycles. The Balaban J connectivity index is 1.83. The fourth-order valence-electron chi connectivity index (χ4n) is 2.58. The third-order valence-corrected chi connectivity index (χ3v) is 4.08. The van der Waals surface area contributed by atoms with E-state index in [0.29, 0.717) is 0 Å². The highest BCUT2D eigenvalue weighted by atomic mass is 19.1. The van der Waals surface area contributed by atoms with Crippen LogP contribution in [0.5, 0.6) is 0 Å². The van der Waals surface area contributed by atoms with Crippen LogP contribution < -0.4 is 16.0 Å². The number of rotatable bonds is 3. The lowest BCUT2D eigenvalue weighted by atomic mass is 9.87. The molecule has 0 spiro atoms. The molecular formula is C16H20FN5. The van der Waals surface area contributed by atoms with Crippen molar-refractivity contribution in [2.45, 2.75) is 12.5 Å². The Hall–Kier alpha value is -2.05. The van der Waals surface area contributed by atoms with Crippen molar-refractivity contribution >= 4 is 5.95 Å². The summed E-state index contributed by atoms with van der Waals surface area (Å²) in [7, 11) is 0. The fraction of sp³-hybridized carbons (Fsp3) is 0.375. The Bertz CT molecular complexity index is 618. The van der Waals surface area contributed by atoms with E-state index in [4.69, 9.17) is 5.73 Å². The van der Waals surface area contributed by atoms with Gasteiger partial charge in [0.25, 0.3) is 0 Å². The van der Waals surface area contributed by atoms with Crippen LogP contribution in [0.4, 0.5) is 10.3 Å². The molecule has 1 saturated heterocycles. The Morgan fingerprint density at radius 2 is 1.68 bits per heavy atom. The van der Waals surface area contributed by atoms with Crippen molar-refractivity contribution < 1.29 is 4.39 Å². The van der Waals surface area contributed by atoms with Crippen molar-refractivity contribution in [3.63, 3.8) is 0 Å². The average molecular weight is 301 g/mol. The molecule has 6 heteroatoms. The van der Waals surface area contributed by atoms with E-state index >= 15 is 0 Å². The number of anilines is 1. The first kappa shape index (κ1) is 14.9. The molecule has 5 nitrogen and oxygen atoms in total. The van der Waals surface area contributed by atoms with Crippen LogP contribution in [0.2, 0.25) is 0 Å². The van der Waals surface area contributed by atoms with Crippen LogP contribution in [-0.2, 0) is 5.54 Å². The lowest BCUT2D eigenvalue weighted by Crippen LogP contribution is -2.44. The predicted molar refractivity (Wildman–Crippen MR) is 84.2 cm³/mol. The van der Waals surface area contributed by atoms with Crippen molar-refractivity contribution in [1.82, 2.24) is 15.3 Å². The predicted octanol–water partition coefficient (Wildman–Crippen LogP) is 1.25. The summed E-state index contributed by atoms with van der Waals surface area (Å²) in [5.74, 6) is 0.449. The SMILES string of the molecule is C[C@](N)(c1ccc(F)cc1)c1cnc(N2CCNCC2)nc1. The number of benzene rings is 1. The molecule has 2 heterocycles. The lowest BCUT2D eigenvalue weighted by molar-refractivity contribution is 0.572. The van der Waals surface area contributed by atoms with Crippen LogP contribution in [0.25, 0.3) is 0 Å². The molecule has 3 rings (SSSR count). The molecule has 1 aliphatic heterocycles. The first-order valence-electron chi connectivity index (χ1n) is 7.40. The van der Waals surface area contributed by atoms with Gasteiger partial charge in [0.15, 0.2) is 0 Å². The number of nitrogens with one attached hydrogen (secondary N) is 1. The highest BCUT2D eigenvalue weighted by Crippen LogP contribution is 2.26. The van der Waals surface area contributed by atoms with Gasteiger partial charge in [-0.15, -0.1) is 0 Å². The molecule has 22 heavy (non-hydrogen) atoms. The third kappa shape index (κ3) is 2.93. The molecular weight excluding hydrogens is 281 g/mol. The van der Waals surface area contributed by atoms with Gasteiger partial charge >= 0.3 is 0 Å². The number of hydrogen-bond donors (Lipinski definition) is 2. The van der Waals surface area contributed by atoms with Gasteiger partial charge in [-0.1, -0.05) is 12.1 Å². The van der Waals surface area contributed by atoms with E-state index in [1.54, 1.807) is 24.5 Å². The highest BCUT2D eigenvalue weighted by molar-refractivity contribution is 5.38. The minimum atomic E-state index is -0.754. The zero-order chi connectivity index (χ0) is 15.6. The minimum Gasteiger partial charge on any atom is -0.338 e.